The highest BCUT2D eigenvalue weighted by Crippen LogP contribution is 2.24. The Hall–Kier alpha value is -0.440. The number of hydrogen-bond donors (Lipinski definition) is 9. The van der Waals surface area contributed by atoms with E-state index >= 15 is 0 Å². The first-order valence-corrected chi connectivity index (χ1v) is 7.00. The Labute approximate surface area is 131 Å². The summed E-state index contributed by atoms with van der Waals surface area (Å²) >= 11 is 0. The zero-order valence-corrected chi connectivity index (χ0v) is 12.2. The van der Waals surface area contributed by atoms with Crippen molar-refractivity contribution < 1.29 is 55.4 Å². The van der Waals surface area contributed by atoms with Crippen LogP contribution in [0.25, 0.3) is 0 Å². The second-order valence-corrected chi connectivity index (χ2v) is 5.29. The van der Waals surface area contributed by atoms with Crippen LogP contribution in [0.5, 0.6) is 0 Å². The lowest BCUT2D eigenvalue weighted by Crippen LogP contribution is -2.61. The van der Waals surface area contributed by atoms with Gasteiger partial charge in [-0.15, -0.1) is 0 Å². The van der Waals surface area contributed by atoms with Crippen molar-refractivity contribution >= 4 is 0 Å². The monoisotopic (exact) mass is 344 g/mol. The molecule has 1 aliphatic heterocycles. The van der Waals surface area contributed by atoms with Gasteiger partial charge in [0.05, 0.1) is 19.8 Å². The zero-order chi connectivity index (χ0) is 17.7. The summed E-state index contributed by atoms with van der Waals surface area (Å²) in [5.41, 5.74) is 0. The molecule has 138 valence electrons. The van der Waals surface area contributed by atoms with Gasteiger partial charge < -0.3 is 55.4 Å². The van der Waals surface area contributed by atoms with Crippen molar-refractivity contribution in [2.24, 2.45) is 0 Å². The summed E-state index contributed by atoms with van der Waals surface area (Å²) in [7, 11) is 0. The Bertz CT molecular complexity index is 341. The van der Waals surface area contributed by atoms with E-state index in [0.29, 0.717) is 0 Å². The van der Waals surface area contributed by atoms with Gasteiger partial charge >= 0.3 is 0 Å². The van der Waals surface area contributed by atoms with Crippen LogP contribution in [0.4, 0.5) is 0 Å². The predicted molar refractivity (Wildman–Crippen MR) is 70.8 cm³/mol. The fraction of sp³-hybridized carbons (Fsp3) is 1.00. The Kier molecular flexibility index (Phi) is 8.20. The minimum absolute atomic E-state index is 0.708. The lowest BCUT2D eigenvalue weighted by atomic mass is 9.98. The van der Waals surface area contributed by atoms with E-state index in [-0.39, 0.29) is 0 Å². The summed E-state index contributed by atoms with van der Waals surface area (Å²) in [5, 5.41) is 84.9. The largest absolute Gasteiger partial charge is 0.394 e. The van der Waals surface area contributed by atoms with Crippen molar-refractivity contribution in [1.82, 2.24) is 0 Å². The van der Waals surface area contributed by atoms with Gasteiger partial charge in [-0.05, 0) is 0 Å². The van der Waals surface area contributed by atoms with Crippen LogP contribution in [0, 0.1) is 0 Å². The van der Waals surface area contributed by atoms with E-state index in [9.17, 15) is 30.6 Å². The molecule has 1 unspecified atom stereocenters. The molecule has 9 N–H and O–H groups in total. The molecule has 0 amide bonds. The predicted octanol–water partition coefficient (Wildman–Crippen LogP) is -5.76. The molecule has 0 spiro atoms. The van der Waals surface area contributed by atoms with Crippen molar-refractivity contribution in [2.75, 3.05) is 19.8 Å². The fourth-order valence-electron chi connectivity index (χ4n) is 2.16. The highest BCUT2D eigenvalue weighted by Gasteiger charge is 2.46. The summed E-state index contributed by atoms with van der Waals surface area (Å²) in [6.07, 6.45) is -15.1. The van der Waals surface area contributed by atoms with Crippen LogP contribution in [-0.4, -0.2) is 121 Å². The van der Waals surface area contributed by atoms with Crippen LogP contribution in [0.1, 0.15) is 0 Å². The Morgan fingerprint density at radius 2 is 1.39 bits per heavy atom. The lowest BCUT2D eigenvalue weighted by Gasteiger charge is -2.42. The van der Waals surface area contributed by atoms with Gasteiger partial charge in [0.15, 0.2) is 6.29 Å². The summed E-state index contributed by atoms with van der Waals surface area (Å²) in [5.74, 6) is 0. The second-order valence-electron chi connectivity index (χ2n) is 5.29. The molecule has 1 rings (SSSR count). The molecular weight excluding hydrogens is 320 g/mol. The molecule has 1 saturated heterocycles. The molecule has 1 fully saturated rings. The Balaban J connectivity index is 2.89. The van der Waals surface area contributed by atoms with Crippen LogP contribution in [-0.2, 0) is 9.47 Å². The Morgan fingerprint density at radius 1 is 0.826 bits per heavy atom. The Morgan fingerprint density at radius 3 is 1.87 bits per heavy atom. The maximum absolute atomic E-state index is 9.83. The van der Waals surface area contributed by atoms with Crippen LogP contribution >= 0.6 is 0 Å². The van der Waals surface area contributed by atoms with Gasteiger partial charge in [0, 0.05) is 0 Å². The average molecular weight is 344 g/mol. The summed E-state index contributed by atoms with van der Waals surface area (Å²) < 4.78 is 10.1. The van der Waals surface area contributed by atoms with Gasteiger partial charge in [-0.1, -0.05) is 0 Å². The SMILES string of the molecule is OCC(O)[C@@H](O)[C@H](O[C@H]1O[C@H](CO)[C@@H](O)[C@H](O)[C@H]1O)[C@H](O)CO. The normalized spacial score (nSPS) is 37.2. The minimum Gasteiger partial charge on any atom is -0.394 e. The first-order chi connectivity index (χ1) is 10.8. The third-order valence-corrected chi connectivity index (χ3v) is 3.62. The molecule has 0 aromatic carbocycles. The van der Waals surface area contributed by atoms with E-state index in [1.807, 2.05) is 0 Å². The molecule has 9 atom stereocenters. The molecule has 1 aliphatic rings. The molecular formula is C12H24O11. The smallest absolute Gasteiger partial charge is 0.187 e. The second kappa shape index (κ2) is 9.15. The van der Waals surface area contributed by atoms with Crippen LogP contribution in [0.2, 0.25) is 0 Å². The van der Waals surface area contributed by atoms with E-state index in [4.69, 9.17) is 24.8 Å². The summed E-state index contributed by atoms with van der Waals surface area (Å²) in [6, 6.07) is 0. The van der Waals surface area contributed by atoms with Gasteiger partial charge in [-0.2, -0.15) is 0 Å². The van der Waals surface area contributed by atoms with Crippen LogP contribution in [0.15, 0.2) is 0 Å². The van der Waals surface area contributed by atoms with E-state index in [1.165, 1.54) is 0 Å². The number of aliphatic hydroxyl groups is 9. The first-order valence-electron chi connectivity index (χ1n) is 7.00. The van der Waals surface area contributed by atoms with Gasteiger partial charge in [0.2, 0.25) is 0 Å². The van der Waals surface area contributed by atoms with E-state index in [2.05, 4.69) is 0 Å². The molecule has 0 aromatic rings. The molecule has 0 radical (unpaired) electrons. The highest BCUT2D eigenvalue weighted by molar-refractivity contribution is 4.91. The molecule has 0 aromatic heterocycles. The number of ether oxygens (including phenoxy) is 2. The zero-order valence-electron chi connectivity index (χ0n) is 12.2. The summed E-state index contributed by atoms with van der Waals surface area (Å²) in [6.45, 7) is -2.45. The van der Waals surface area contributed by atoms with E-state index in [0.717, 1.165) is 0 Å². The number of hydrogen-bond acceptors (Lipinski definition) is 11. The van der Waals surface area contributed by atoms with Crippen LogP contribution < -0.4 is 0 Å². The van der Waals surface area contributed by atoms with E-state index in [1.54, 1.807) is 0 Å². The number of rotatable bonds is 8. The maximum atomic E-state index is 9.83. The van der Waals surface area contributed by atoms with Crippen molar-refractivity contribution in [3.05, 3.63) is 0 Å². The minimum atomic E-state index is -1.85. The molecule has 11 nitrogen and oxygen atoms in total. The van der Waals surface area contributed by atoms with Gasteiger partial charge in [-0.25, -0.2) is 0 Å². The van der Waals surface area contributed by atoms with Crippen molar-refractivity contribution in [2.45, 2.75) is 55.1 Å². The fourth-order valence-corrected chi connectivity index (χ4v) is 2.16. The molecule has 0 saturated carbocycles. The summed E-state index contributed by atoms with van der Waals surface area (Å²) in [4.78, 5) is 0. The molecule has 11 heteroatoms. The quantitative estimate of drug-likeness (QED) is 0.203. The molecule has 0 bridgehead atoms. The first kappa shape index (κ1) is 20.6. The molecule has 1 heterocycles. The van der Waals surface area contributed by atoms with Crippen LogP contribution in [0.3, 0.4) is 0 Å². The van der Waals surface area contributed by atoms with E-state index < -0.39 is 74.9 Å². The average Bonchev–Trinajstić information content (AvgIpc) is 2.57. The number of aliphatic hydroxyl groups excluding tert-OH is 9. The highest BCUT2D eigenvalue weighted by atomic mass is 16.7. The standard InChI is InChI=1S/C12H24O11/c13-1-4(16)7(18)11(5(17)2-14)23-12-10(21)9(20)8(19)6(3-15)22-12/h4-21H,1-3H2/t4?,5-,6-,7-,8-,9+,10-,11-,12-/m1/s1. The molecule has 23 heavy (non-hydrogen) atoms. The van der Waals surface area contributed by atoms with Crippen molar-refractivity contribution in [1.29, 1.82) is 0 Å². The third kappa shape index (κ3) is 4.78. The topological polar surface area (TPSA) is 201 Å². The molecule has 0 aliphatic carbocycles. The maximum Gasteiger partial charge on any atom is 0.187 e. The van der Waals surface area contributed by atoms with Gasteiger partial charge in [0.1, 0.15) is 48.8 Å². The van der Waals surface area contributed by atoms with Gasteiger partial charge in [-0.3, -0.25) is 0 Å². The lowest BCUT2D eigenvalue weighted by molar-refractivity contribution is -0.327. The third-order valence-electron chi connectivity index (χ3n) is 3.62. The van der Waals surface area contributed by atoms with Gasteiger partial charge in [0.25, 0.3) is 0 Å². The van der Waals surface area contributed by atoms with Crippen molar-refractivity contribution in [3.63, 3.8) is 0 Å². The van der Waals surface area contributed by atoms with Crippen molar-refractivity contribution in [3.8, 4) is 0 Å².